The number of H-pyrrole nitrogens is 1. The molecule has 0 aliphatic carbocycles. The second kappa shape index (κ2) is 9.58. The topological polar surface area (TPSA) is 77.6 Å². The maximum absolute atomic E-state index is 13.9. The monoisotopic (exact) mass is 486 g/mol. The molecular formula is C28H34N6O2. The third-order valence-electron chi connectivity index (χ3n) is 7.70. The summed E-state index contributed by atoms with van der Waals surface area (Å²) in [6.07, 6.45) is 6.26. The average Bonchev–Trinajstić information content (AvgIpc) is 3.28. The second-order valence-electron chi connectivity index (χ2n) is 10.2. The highest BCUT2D eigenvalue weighted by Gasteiger charge is 2.33. The lowest BCUT2D eigenvalue weighted by Crippen LogP contribution is -2.43. The average molecular weight is 487 g/mol. The molecule has 3 aliphatic heterocycles. The van der Waals surface area contributed by atoms with E-state index in [0.29, 0.717) is 6.54 Å². The molecule has 1 aromatic carbocycles. The van der Waals surface area contributed by atoms with Gasteiger partial charge in [-0.1, -0.05) is 11.6 Å². The molecule has 0 atom stereocenters. The van der Waals surface area contributed by atoms with Crippen LogP contribution in [0.25, 0.3) is 11.3 Å². The van der Waals surface area contributed by atoms with Crippen LogP contribution in [0.3, 0.4) is 0 Å². The van der Waals surface area contributed by atoms with Crippen molar-refractivity contribution in [3.63, 3.8) is 0 Å². The van der Waals surface area contributed by atoms with Crippen molar-refractivity contribution in [3.05, 3.63) is 53.5 Å². The van der Waals surface area contributed by atoms with Gasteiger partial charge in [-0.15, -0.1) is 0 Å². The molecule has 5 heterocycles. The summed E-state index contributed by atoms with van der Waals surface area (Å²) in [6, 6.07) is 8.58. The van der Waals surface area contributed by atoms with E-state index in [-0.39, 0.29) is 11.8 Å². The number of benzene rings is 1. The number of nitrogens with zero attached hydrogens (tertiary/aromatic N) is 5. The quantitative estimate of drug-likeness (QED) is 0.608. The van der Waals surface area contributed by atoms with Gasteiger partial charge in [0.05, 0.1) is 42.2 Å². The number of imidazole rings is 1. The number of morpholine rings is 1. The Hall–Kier alpha value is -3.39. The Labute approximate surface area is 212 Å². The summed E-state index contributed by atoms with van der Waals surface area (Å²) in [4.78, 5) is 33.4. The fourth-order valence-electron chi connectivity index (χ4n) is 5.69. The lowest BCUT2D eigenvalue weighted by molar-refractivity contribution is -0.123. The molecule has 2 aromatic heterocycles. The van der Waals surface area contributed by atoms with Gasteiger partial charge in [0.25, 0.3) is 0 Å². The van der Waals surface area contributed by atoms with E-state index in [0.717, 1.165) is 98.5 Å². The summed E-state index contributed by atoms with van der Waals surface area (Å²) in [5.74, 6) is 1.18. The largest absolute Gasteiger partial charge is 0.378 e. The van der Waals surface area contributed by atoms with Crippen molar-refractivity contribution in [1.29, 1.82) is 0 Å². The molecule has 0 spiro atoms. The van der Waals surface area contributed by atoms with Gasteiger partial charge in [0.15, 0.2) is 0 Å². The molecule has 36 heavy (non-hydrogen) atoms. The van der Waals surface area contributed by atoms with Crippen molar-refractivity contribution in [2.24, 2.45) is 5.92 Å². The SMILES string of the molecule is Cc1cncc(N2CCC(C(=O)N3CCc4nc(N5CCOCC5)[nH]c4-c4cc(C)ccc43)CC2)c1. The van der Waals surface area contributed by atoms with Gasteiger partial charge in [-0.05, 0) is 50.5 Å². The Morgan fingerprint density at radius 2 is 1.78 bits per heavy atom. The number of piperidine rings is 1. The molecule has 0 radical (unpaired) electrons. The molecule has 8 nitrogen and oxygen atoms in total. The van der Waals surface area contributed by atoms with Crippen molar-refractivity contribution >= 4 is 23.2 Å². The molecule has 3 aromatic rings. The van der Waals surface area contributed by atoms with E-state index in [1.807, 2.05) is 17.3 Å². The Balaban J connectivity index is 1.23. The van der Waals surface area contributed by atoms with Crippen LogP contribution in [-0.2, 0) is 16.0 Å². The summed E-state index contributed by atoms with van der Waals surface area (Å²) in [7, 11) is 0. The summed E-state index contributed by atoms with van der Waals surface area (Å²) in [5.41, 5.74) is 7.65. The molecule has 0 bridgehead atoms. The second-order valence-corrected chi connectivity index (χ2v) is 10.2. The molecule has 8 heteroatoms. The number of anilines is 3. The van der Waals surface area contributed by atoms with Crippen molar-refractivity contribution < 1.29 is 9.53 Å². The van der Waals surface area contributed by atoms with Gasteiger partial charge in [0, 0.05) is 56.8 Å². The number of aryl methyl sites for hydroxylation is 2. The third-order valence-corrected chi connectivity index (χ3v) is 7.70. The van der Waals surface area contributed by atoms with Crippen LogP contribution < -0.4 is 14.7 Å². The summed E-state index contributed by atoms with van der Waals surface area (Å²) >= 11 is 0. The smallest absolute Gasteiger partial charge is 0.230 e. The van der Waals surface area contributed by atoms with Gasteiger partial charge in [0.2, 0.25) is 11.9 Å². The molecule has 6 rings (SSSR count). The number of carbonyl (C=O) groups excluding carboxylic acids is 1. The first-order valence-electron chi connectivity index (χ1n) is 13.1. The fourth-order valence-corrected chi connectivity index (χ4v) is 5.69. The number of pyridine rings is 1. The maximum Gasteiger partial charge on any atom is 0.230 e. The lowest BCUT2D eigenvalue weighted by Gasteiger charge is -2.35. The highest BCUT2D eigenvalue weighted by atomic mass is 16.5. The highest BCUT2D eigenvalue weighted by Crippen LogP contribution is 2.38. The number of carbonyl (C=O) groups is 1. The standard InChI is InChI=1S/C28H34N6O2/c1-19-3-4-25-23(16-19)26-24(30-28(31-26)33-11-13-36-14-12-33)7-10-34(25)27(35)21-5-8-32(9-6-21)22-15-20(2)17-29-18-22/h3-4,15-18,21H,5-14H2,1-2H3,(H,30,31). The summed E-state index contributed by atoms with van der Waals surface area (Å²) < 4.78 is 5.52. The molecule has 2 saturated heterocycles. The van der Waals surface area contributed by atoms with Crippen molar-refractivity contribution in [3.8, 4) is 11.3 Å². The van der Waals surface area contributed by atoms with Gasteiger partial charge in [-0.3, -0.25) is 9.78 Å². The molecule has 2 fully saturated rings. The first-order valence-corrected chi connectivity index (χ1v) is 13.1. The number of hydrogen-bond donors (Lipinski definition) is 1. The van der Waals surface area contributed by atoms with E-state index < -0.39 is 0 Å². The number of nitrogens with one attached hydrogen (secondary N) is 1. The lowest BCUT2D eigenvalue weighted by atomic mass is 9.94. The number of ether oxygens (including phenoxy) is 1. The van der Waals surface area contributed by atoms with Crippen LogP contribution in [0.15, 0.2) is 36.7 Å². The van der Waals surface area contributed by atoms with Crippen LogP contribution in [-0.4, -0.2) is 66.8 Å². The van der Waals surface area contributed by atoms with E-state index in [9.17, 15) is 4.79 Å². The van der Waals surface area contributed by atoms with Gasteiger partial charge in [0.1, 0.15) is 0 Å². The van der Waals surface area contributed by atoms with Crippen LogP contribution in [0.2, 0.25) is 0 Å². The first kappa shape index (κ1) is 23.0. The van der Waals surface area contributed by atoms with Crippen molar-refractivity contribution in [2.75, 3.05) is 60.6 Å². The normalized spacial score (nSPS) is 18.6. The molecular weight excluding hydrogens is 452 g/mol. The minimum atomic E-state index is 0.0292. The van der Waals surface area contributed by atoms with Crippen molar-refractivity contribution in [2.45, 2.75) is 33.1 Å². The number of aromatic nitrogens is 3. The zero-order valence-electron chi connectivity index (χ0n) is 21.2. The van der Waals surface area contributed by atoms with Crippen LogP contribution >= 0.6 is 0 Å². The van der Waals surface area contributed by atoms with E-state index in [1.54, 1.807) is 0 Å². The number of hydrogen-bond acceptors (Lipinski definition) is 6. The Morgan fingerprint density at radius 3 is 2.56 bits per heavy atom. The van der Waals surface area contributed by atoms with Crippen LogP contribution in [0.1, 0.15) is 29.7 Å². The Bertz CT molecular complexity index is 1260. The van der Waals surface area contributed by atoms with Gasteiger partial charge in [-0.2, -0.15) is 0 Å². The number of rotatable bonds is 3. The van der Waals surface area contributed by atoms with E-state index in [2.05, 4.69) is 57.9 Å². The molecule has 1 amide bonds. The van der Waals surface area contributed by atoms with Gasteiger partial charge >= 0.3 is 0 Å². The van der Waals surface area contributed by atoms with Crippen molar-refractivity contribution in [1.82, 2.24) is 15.0 Å². The predicted octanol–water partition coefficient (Wildman–Crippen LogP) is 3.73. The number of aromatic amines is 1. The predicted molar refractivity (Wildman–Crippen MR) is 142 cm³/mol. The van der Waals surface area contributed by atoms with E-state index in [1.165, 1.54) is 5.56 Å². The van der Waals surface area contributed by atoms with E-state index in [4.69, 9.17) is 9.72 Å². The summed E-state index contributed by atoms with van der Waals surface area (Å²) in [5, 5.41) is 0. The molecule has 0 saturated carbocycles. The summed E-state index contributed by atoms with van der Waals surface area (Å²) in [6.45, 7) is 9.71. The zero-order chi connectivity index (χ0) is 24.6. The molecule has 1 N–H and O–H groups in total. The minimum absolute atomic E-state index is 0.0292. The van der Waals surface area contributed by atoms with Crippen LogP contribution in [0, 0.1) is 19.8 Å². The van der Waals surface area contributed by atoms with E-state index >= 15 is 0 Å². The van der Waals surface area contributed by atoms with Gasteiger partial charge in [-0.25, -0.2) is 4.98 Å². The molecule has 3 aliphatic rings. The van der Waals surface area contributed by atoms with Crippen LogP contribution in [0.4, 0.5) is 17.3 Å². The van der Waals surface area contributed by atoms with Crippen LogP contribution in [0.5, 0.6) is 0 Å². The number of fused-ring (bicyclic) bond motifs is 3. The first-order chi connectivity index (χ1) is 17.6. The fraction of sp³-hybridized carbons (Fsp3) is 0.464. The maximum atomic E-state index is 13.9. The molecule has 0 unspecified atom stereocenters. The molecule has 188 valence electrons. The third kappa shape index (κ3) is 4.34. The number of amides is 1. The highest BCUT2D eigenvalue weighted by molar-refractivity contribution is 6.00. The Kier molecular flexibility index (Phi) is 6.13. The van der Waals surface area contributed by atoms with Gasteiger partial charge < -0.3 is 24.4 Å². The minimum Gasteiger partial charge on any atom is -0.378 e. The zero-order valence-corrected chi connectivity index (χ0v) is 21.2. The Morgan fingerprint density at radius 1 is 0.972 bits per heavy atom.